The van der Waals surface area contributed by atoms with Gasteiger partial charge >= 0.3 is 0 Å². The van der Waals surface area contributed by atoms with Gasteiger partial charge in [0.1, 0.15) is 0 Å². The molecule has 2 aromatic rings. The van der Waals surface area contributed by atoms with Crippen LogP contribution in [0.2, 0.25) is 0 Å². The van der Waals surface area contributed by atoms with Crippen molar-refractivity contribution in [2.75, 3.05) is 6.54 Å². The van der Waals surface area contributed by atoms with Crippen LogP contribution in [-0.2, 0) is 0 Å². The van der Waals surface area contributed by atoms with Gasteiger partial charge in [0.25, 0.3) is 0 Å². The number of nitrogens with one attached hydrogen (secondary N) is 1. The van der Waals surface area contributed by atoms with Gasteiger partial charge in [-0.05, 0) is 31.4 Å². The molecule has 0 amide bonds. The number of nitrogens with zero attached hydrogens (tertiary/aromatic N) is 1. The smallest absolute Gasteiger partial charge is 0.205 e. The number of H-pyrrole nitrogens is 1. The molecule has 1 atom stereocenters. The molecular weight excluding hydrogens is 250 g/mol. The topological polar surface area (TPSA) is 71.8 Å². The van der Waals surface area contributed by atoms with Crippen molar-refractivity contribution in [1.29, 1.82) is 0 Å². The van der Waals surface area contributed by atoms with Gasteiger partial charge in [-0.3, -0.25) is 4.79 Å². The Hall–Kier alpha value is -1.94. The first-order valence-electron chi connectivity index (χ1n) is 6.95. The van der Waals surface area contributed by atoms with Crippen molar-refractivity contribution in [3.05, 3.63) is 60.5 Å². The number of rotatable bonds is 8. The van der Waals surface area contributed by atoms with E-state index in [1.165, 1.54) is 0 Å². The van der Waals surface area contributed by atoms with Crippen molar-refractivity contribution < 1.29 is 4.79 Å². The molecule has 1 unspecified atom stereocenters. The number of hydrogen-bond donors (Lipinski definition) is 2. The average Bonchev–Trinajstić information content (AvgIpc) is 3.02. The number of imidazole rings is 1. The number of carbonyl (C=O) groups excluding carboxylic acids is 1. The van der Waals surface area contributed by atoms with Crippen molar-refractivity contribution in [1.82, 2.24) is 9.97 Å². The molecule has 0 fully saturated rings. The minimum atomic E-state index is -0.250. The highest BCUT2D eigenvalue weighted by molar-refractivity contribution is 5.98. The summed E-state index contributed by atoms with van der Waals surface area (Å²) in [5.41, 5.74) is 6.50. The predicted molar refractivity (Wildman–Crippen MR) is 79.3 cm³/mol. The molecule has 1 heterocycles. The zero-order valence-electron chi connectivity index (χ0n) is 11.5. The largest absolute Gasteiger partial charge is 0.342 e. The monoisotopic (exact) mass is 270 g/mol. The number of Topliss-reactive ketones (excluding diaryl/α,β-unsaturated/α-hetero) is 1. The van der Waals surface area contributed by atoms with Crippen molar-refractivity contribution in [2.24, 2.45) is 5.73 Å². The average molecular weight is 270 g/mol. The van der Waals surface area contributed by atoms with E-state index in [1.54, 1.807) is 12.4 Å². The van der Waals surface area contributed by atoms with E-state index >= 15 is 0 Å². The van der Waals surface area contributed by atoms with Gasteiger partial charge in [0.2, 0.25) is 5.78 Å². The Bertz CT molecular complexity index is 508. The lowest BCUT2D eigenvalue weighted by Gasteiger charge is -2.14. The number of unbranched alkanes of at least 4 members (excludes halogenated alkanes) is 2. The Kier molecular flexibility index (Phi) is 5.50. The van der Waals surface area contributed by atoms with Crippen molar-refractivity contribution in [3.8, 4) is 0 Å². The van der Waals surface area contributed by atoms with Crippen LogP contribution in [0.1, 0.15) is 41.4 Å². The van der Waals surface area contributed by atoms with Gasteiger partial charge in [-0.2, -0.15) is 0 Å². The Balaban J connectivity index is 2.10. The Morgan fingerprint density at radius 3 is 2.75 bits per heavy atom. The summed E-state index contributed by atoms with van der Waals surface area (Å²) in [6.07, 6.45) is 8.20. The highest BCUT2D eigenvalue weighted by atomic mass is 16.1. The number of aromatic amines is 1. The molecule has 4 nitrogen and oxygen atoms in total. The number of benzene rings is 1. The lowest BCUT2D eigenvalue weighted by molar-refractivity contribution is 0.0960. The Morgan fingerprint density at radius 1 is 1.30 bits per heavy atom. The Labute approximate surface area is 119 Å². The maximum atomic E-state index is 12.5. The van der Waals surface area contributed by atoms with Gasteiger partial charge in [-0.1, -0.05) is 36.8 Å². The molecule has 1 aromatic carbocycles. The third-order valence-electron chi connectivity index (χ3n) is 3.23. The summed E-state index contributed by atoms with van der Waals surface area (Å²) in [6.45, 7) is 0.690. The first-order chi connectivity index (χ1) is 9.83. The summed E-state index contributed by atoms with van der Waals surface area (Å²) < 4.78 is 0. The predicted octanol–water partition coefficient (Wildman–Crippen LogP) is 2.71. The van der Waals surface area contributed by atoms with Crippen LogP contribution in [0.15, 0.2) is 42.7 Å². The SMILES string of the molecule is NCCCC[CH]C(C(=O)c1ncc[nH]1)c1ccccc1. The van der Waals surface area contributed by atoms with E-state index in [-0.39, 0.29) is 11.7 Å². The summed E-state index contributed by atoms with van der Waals surface area (Å²) in [6, 6.07) is 9.80. The normalized spacial score (nSPS) is 12.2. The van der Waals surface area contributed by atoms with Gasteiger partial charge in [-0.15, -0.1) is 0 Å². The van der Waals surface area contributed by atoms with Crippen molar-refractivity contribution >= 4 is 5.78 Å². The molecule has 0 aliphatic carbocycles. The van der Waals surface area contributed by atoms with Crippen molar-refractivity contribution in [2.45, 2.75) is 25.2 Å². The van der Waals surface area contributed by atoms with Gasteiger partial charge in [0.05, 0.1) is 5.92 Å². The van der Waals surface area contributed by atoms with Crippen LogP contribution in [0.25, 0.3) is 0 Å². The zero-order chi connectivity index (χ0) is 14.2. The number of carbonyl (C=O) groups is 1. The van der Waals surface area contributed by atoms with Crippen LogP contribution in [0.3, 0.4) is 0 Å². The van der Waals surface area contributed by atoms with Crippen LogP contribution in [0, 0.1) is 6.42 Å². The van der Waals surface area contributed by atoms with Crippen molar-refractivity contribution in [3.63, 3.8) is 0 Å². The van der Waals surface area contributed by atoms with E-state index in [2.05, 4.69) is 16.4 Å². The highest BCUT2D eigenvalue weighted by Crippen LogP contribution is 2.24. The third kappa shape index (κ3) is 3.78. The van der Waals surface area contributed by atoms with E-state index in [9.17, 15) is 4.79 Å². The molecular formula is C16H20N3O. The van der Waals surface area contributed by atoms with E-state index in [1.807, 2.05) is 30.3 Å². The summed E-state index contributed by atoms with van der Waals surface area (Å²) in [5, 5.41) is 0. The summed E-state index contributed by atoms with van der Waals surface area (Å²) >= 11 is 0. The molecule has 105 valence electrons. The molecule has 0 aliphatic heterocycles. The Morgan fingerprint density at radius 2 is 2.10 bits per heavy atom. The first kappa shape index (κ1) is 14.5. The molecule has 20 heavy (non-hydrogen) atoms. The second kappa shape index (κ2) is 7.60. The van der Waals surface area contributed by atoms with Gasteiger partial charge in [0.15, 0.2) is 5.82 Å². The molecule has 4 heteroatoms. The fourth-order valence-corrected chi connectivity index (χ4v) is 2.18. The van der Waals surface area contributed by atoms with Crippen LogP contribution in [-0.4, -0.2) is 22.3 Å². The van der Waals surface area contributed by atoms with Crippen LogP contribution < -0.4 is 5.73 Å². The molecule has 0 saturated heterocycles. The van der Waals surface area contributed by atoms with E-state index < -0.39 is 0 Å². The summed E-state index contributed by atoms with van der Waals surface area (Å²) in [5.74, 6) is 0.169. The standard InChI is InChI=1S/C16H20N3O/c17-10-6-2-5-9-14(13-7-3-1-4-8-13)15(20)16-18-11-12-19-16/h1,3-4,7-9,11-12,14H,2,5-6,10,17H2,(H,18,19). The highest BCUT2D eigenvalue weighted by Gasteiger charge is 2.23. The molecule has 0 spiro atoms. The molecule has 1 radical (unpaired) electrons. The second-order valence-electron chi connectivity index (χ2n) is 4.71. The van der Waals surface area contributed by atoms with Crippen LogP contribution in [0.4, 0.5) is 0 Å². The number of ketones is 1. The third-order valence-corrected chi connectivity index (χ3v) is 3.23. The summed E-state index contributed by atoms with van der Waals surface area (Å²) in [4.78, 5) is 19.5. The fourth-order valence-electron chi connectivity index (χ4n) is 2.18. The molecule has 3 N–H and O–H groups in total. The lowest BCUT2D eigenvalue weighted by atomic mass is 9.89. The quantitative estimate of drug-likeness (QED) is 0.572. The fraction of sp³-hybridized carbons (Fsp3) is 0.312. The minimum absolute atomic E-state index is 0.00829. The number of aromatic nitrogens is 2. The van der Waals surface area contributed by atoms with E-state index in [0.29, 0.717) is 12.4 Å². The maximum absolute atomic E-state index is 12.5. The molecule has 0 bridgehead atoms. The van der Waals surface area contributed by atoms with Gasteiger partial charge < -0.3 is 10.7 Å². The van der Waals surface area contributed by atoms with E-state index in [4.69, 9.17) is 5.73 Å². The van der Waals surface area contributed by atoms with Gasteiger partial charge in [0, 0.05) is 12.4 Å². The maximum Gasteiger partial charge on any atom is 0.205 e. The summed E-state index contributed by atoms with van der Waals surface area (Å²) in [7, 11) is 0. The van der Waals surface area contributed by atoms with Gasteiger partial charge in [-0.25, -0.2) is 4.98 Å². The molecule has 1 aromatic heterocycles. The number of nitrogens with two attached hydrogens (primary N) is 1. The minimum Gasteiger partial charge on any atom is -0.342 e. The first-order valence-corrected chi connectivity index (χ1v) is 6.95. The second-order valence-corrected chi connectivity index (χ2v) is 4.71. The van der Waals surface area contributed by atoms with Crippen LogP contribution in [0.5, 0.6) is 0 Å². The van der Waals surface area contributed by atoms with Crippen LogP contribution >= 0.6 is 0 Å². The van der Waals surface area contributed by atoms with E-state index in [0.717, 1.165) is 24.8 Å². The zero-order valence-corrected chi connectivity index (χ0v) is 11.5. The molecule has 0 aliphatic rings. The molecule has 0 saturated carbocycles. The number of hydrogen-bond acceptors (Lipinski definition) is 3. The molecule has 2 rings (SSSR count). The lowest BCUT2D eigenvalue weighted by Crippen LogP contribution is -2.15.